The molecule has 0 spiro atoms. The van der Waals surface area contributed by atoms with Gasteiger partial charge in [0, 0.05) is 37.3 Å². The molecular weight excluding hydrogens is 372 g/mol. The quantitative estimate of drug-likeness (QED) is 0.488. The molecule has 0 fully saturated rings. The molecule has 0 N–H and O–H groups in total. The number of fused-ring (bicyclic) bond motifs is 1. The lowest BCUT2D eigenvalue weighted by Gasteiger charge is -2.19. The first-order valence-corrected chi connectivity index (χ1v) is 10.0. The molecule has 0 bridgehead atoms. The highest BCUT2D eigenvalue weighted by Gasteiger charge is 2.13. The molecule has 4 aromatic rings. The normalized spacial score (nSPS) is 11.2. The Morgan fingerprint density at radius 1 is 0.800 bits per heavy atom. The van der Waals surface area contributed by atoms with Crippen molar-refractivity contribution in [2.45, 2.75) is 13.2 Å². The van der Waals surface area contributed by atoms with Gasteiger partial charge in [0.25, 0.3) is 5.56 Å². The fourth-order valence-electron chi connectivity index (χ4n) is 3.63. The molecule has 152 valence electrons. The van der Waals surface area contributed by atoms with Crippen molar-refractivity contribution < 1.29 is 0 Å². The SMILES string of the molecule is CN(Cc1ccc(N(C)C)cc1)Cn1nc(-c2ccccc2)c2ccccc2c1=O. The van der Waals surface area contributed by atoms with Crippen LogP contribution in [-0.2, 0) is 13.2 Å². The molecule has 0 aliphatic rings. The van der Waals surface area contributed by atoms with Crippen molar-refractivity contribution in [3.8, 4) is 11.3 Å². The van der Waals surface area contributed by atoms with Gasteiger partial charge in [0.15, 0.2) is 0 Å². The van der Waals surface area contributed by atoms with Crippen molar-refractivity contribution >= 4 is 16.5 Å². The summed E-state index contributed by atoms with van der Waals surface area (Å²) in [4.78, 5) is 17.3. The minimum Gasteiger partial charge on any atom is -0.378 e. The molecule has 30 heavy (non-hydrogen) atoms. The van der Waals surface area contributed by atoms with Crippen LogP contribution in [0.15, 0.2) is 83.7 Å². The van der Waals surface area contributed by atoms with Gasteiger partial charge in [-0.2, -0.15) is 5.10 Å². The largest absolute Gasteiger partial charge is 0.378 e. The molecule has 1 aromatic heterocycles. The summed E-state index contributed by atoms with van der Waals surface area (Å²) in [6, 6.07) is 26.2. The number of rotatable bonds is 6. The summed E-state index contributed by atoms with van der Waals surface area (Å²) in [6.07, 6.45) is 0. The van der Waals surface area contributed by atoms with Gasteiger partial charge in [0.05, 0.1) is 17.7 Å². The van der Waals surface area contributed by atoms with Gasteiger partial charge in [-0.3, -0.25) is 9.69 Å². The molecule has 5 heteroatoms. The molecule has 4 rings (SSSR count). The molecule has 0 amide bonds. The highest BCUT2D eigenvalue weighted by atomic mass is 16.1. The van der Waals surface area contributed by atoms with Crippen LogP contribution in [0.25, 0.3) is 22.0 Å². The van der Waals surface area contributed by atoms with Crippen LogP contribution in [0.1, 0.15) is 5.56 Å². The van der Waals surface area contributed by atoms with Gasteiger partial charge in [0.1, 0.15) is 0 Å². The van der Waals surface area contributed by atoms with Crippen molar-refractivity contribution in [1.29, 1.82) is 0 Å². The predicted molar refractivity (Wildman–Crippen MR) is 124 cm³/mol. The lowest BCUT2D eigenvalue weighted by Crippen LogP contribution is -2.32. The summed E-state index contributed by atoms with van der Waals surface area (Å²) in [5.41, 5.74) is 4.13. The van der Waals surface area contributed by atoms with E-state index in [0.717, 1.165) is 23.2 Å². The Bertz CT molecular complexity index is 1200. The second-order valence-electron chi connectivity index (χ2n) is 7.78. The highest BCUT2D eigenvalue weighted by Crippen LogP contribution is 2.24. The molecule has 0 atom stereocenters. The van der Waals surface area contributed by atoms with E-state index in [1.54, 1.807) is 4.68 Å². The maximum absolute atomic E-state index is 13.1. The number of hydrogen-bond acceptors (Lipinski definition) is 4. The first-order chi connectivity index (χ1) is 14.5. The third-order valence-electron chi connectivity index (χ3n) is 5.20. The van der Waals surface area contributed by atoms with Crippen LogP contribution in [0, 0.1) is 0 Å². The second-order valence-corrected chi connectivity index (χ2v) is 7.78. The molecule has 5 nitrogen and oxygen atoms in total. The van der Waals surface area contributed by atoms with Crippen LogP contribution in [0.4, 0.5) is 5.69 Å². The standard InChI is InChI=1S/C25H26N4O/c1-27(2)21-15-13-19(14-16-21)17-28(3)18-29-25(30)23-12-8-7-11-22(23)24(26-29)20-9-5-4-6-10-20/h4-16H,17-18H2,1-3H3. The lowest BCUT2D eigenvalue weighted by atomic mass is 10.1. The van der Waals surface area contributed by atoms with E-state index in [1.807, 2.05) is 75.7 Å². The fraction of sp³-hybridized carbons (Fsp3) is 0.200. The molecule has 0 aliphatic carbocycles. The zero-order valence-electron chi connectivity index (χ0n) is 17.6. The number of nitrogens with zero attached hydrogens (tertiary/aromatic N) is 4. The Morgan fingerprint density at radius 2 is 1.43 bits per heavy atom. The van der Waals surface area contributed by atoms with Crippen molar-refractivity contribution in [3.63, 3.8) is 0 Å². The highest BCUT2D eigenvalue weighted by molar-refractivity contribution is 5.93. The number of aromatic nitrogens is 2. The first-order valence-electron chi connectivity index (χ1n) is 10.0. The fourth-order valence-corrected chi connectivity index (χ4v) is 3.63. The Balaban J connectivity index is 1.65. The average Bonchev–Trinajstić information content (AvgIpc) is 2.76. The molecule has 0 saturated heterocycles. The van der Waals surface area contributed by atoms with Gasteiger partial charge >= 0.3 is 0 Å². The Labute approximate surface area is 176 Å². The van der Waals surface area contributed by atoms with E-state index in [0.29, 0.717) is 12.1 Å². The molecule has 0 aliphatic heterocycles. The van der Waals surface area contributed by atoms with Gasteiger partial charge in [-0.25, -0.2) is 4.68 Å². The molecule has 0 radical (unpaired) electrons. The molecule has 0 unspecified atom stereocenters. The summed E-state index contributed by atoms with van der Waals surface area (Å²) < 4.78 is 1.57. The number of benzene rings is 3. The smallest absolute Gasteiger partial charge is 0.275 e. The van der Waals surface area contributed by atoms with Crippen molar-refractivity contribution in [1.82, 2.24) is 14.7 Å². The zero-order valence-corrected chi connectivity index (χ0v) is 17.6. The molecular formula is C25H26N4O. The Kier molecular flexibility index (Phi) is 5.63. The Morgan fingerprint density at radius 3 is 2.10 bits per heavy atom. The van der Waals surface area contributed by atoms with Crippen LogP contribution >= 0.6 is 0 Å². The third kappa shape index (κ3) is 4.11. The third-order valence-corrected chi connectivity index (χ3v) is 5.20. The van der Waals surface area contributed by atoms with Gasteiger partial charge in [-0.1, -0.05) is 60.7 Å². The zero-order chi connectivity index (χ0) is 21.1. The van der Waals surface area contributed by atoms with E-state index >= 15 is 0 Å². The van der Waals surface area contributed by atoms with Crippen molar-refractivity contribution in [2.75, 3.05) is 26.0 Å². The first kappa shape index (κ1) is 19.9. The number of hydrogen-bond donors (Lipinski definition) is 0. The number of anilines is 1. The van der Waals surface area contributed by atoms with Gasteiger partial charge < -0.3 is 4.90 Å². The van der Waals surface area contributed by atoms with Gasteiger partial charge in [0.2, 0.25) is 0 Å². The maximum atomic E-state index is 13.1. The molecule has 0 saturated carbocycles. The minimum absolute atomic E-state index is 0.0694. The summed E-state index contributed by atoms with van der Waals surface area (Å²) in [5.74, 6) is 0. The molecule has 3 aromatic carbocycles. The van der Waals surface area contributed by atoms with E-state index < -0.39 is 0 Å². The van der Waals surface area contributed by atoms with Crippen LogP contribution < -0.4 is 10.5 Å². The van der Waals surface area contributed by atoms with Crippen molar-refractivity contribution in [2.24, 2.45) is 0 Å². The summed E-state index contributed by atoms with van der Waals surface area (Å²) >= 11 is 0. The van der Waals surface area contributed by atoms with E-state index in [-0.39, 0.29) is 5.56 Å². The lowest BCUT2D eigenvalue weighted by molar-refractivity contribution is 0.241. The van der Waals surface area contributed by atoms with E-state index in [1.165, 1.54) is 11.3 Å². The van der Waals surface area contributed by atoms with Gasteiger partial charge in [-0.15, -0.1) is 0 Å². The van der Waals surface area contributed by atoms with Crippen LogP contribution in [0.5, 0.6) is 0 Å². The van der Waals surface area contributed by atoms with Gasteiger partial charge in [-0.05, 0) is 30.8 Å². The van der Waals surface area contributed by atoms with Crippen LogP contribution in [-0.4, -0.2) is 35.8 Å². The van der Waals surface area contributed by atoms with Crippen LogP contribution in [0.3, 0.4) is 0 Å². The monoisotopic (exact) mass is 398 g/mol. The summed E-state index contributed by atoms with van der Waals surface area (Å²) in [5, 5.41) is 6.32. The van der Waals surface area contributed by atoms with E-state index in [9.17, 15) is 4.79 Å². The summed E-state index contributed by atoms with van der Waals surface area (Å²) in [7, 11) is 6.07. The Hall–Kier alpha value is -3.44. The maximum Gasteiger partial charge on any atom is 0.275 e. The van der Waals surface area contributed by atoms with E-state index in [4.69, 9.17) is 5.10 Å². The summed E-state index contributed by atoms with van der Waals surface area (Å²) in [6.45, 7) is 1.15. The van der Waals surface area contributed by atoms with E-state index in [2.05, 4.69) is 34.1 Å². The second kappa shape index (κ2) is 8.51. The minimum atomic E-state index is -0.0694. The molecule has 1 heterocycles. The predicted octanol–water partition coefficient (Wildman–Crippen LogP) is 4.22. The van der Waals surface area contributed by atoms with Crippen LogP contribution in [0.2, 0.25) is 0 Å². The van der Waals surface area contributed by atoms with Crippen molar-refractivity contribution in [3.05, 3.63) is 94.8 Å². The topological polar surface area (TPSA) is 41.4 Å². The average molecular weight is 399 g/mol.